The van der Waals surface area contributed by atoms with Gasteiger partial charge in [0.25, 0.3) is 5.91 Å². The highest BCUT2D eigenvalue weighted by Gasteiger charge is 2.32. The van der Waals surface area contributed by atoms with Gasteiger partial charge in [0.05, 0.1) is 12.6 Å². The largest absolute Gasteiger partial charge is 0.461 e. The van der Waals surface area contributed by atoms with E-state index in [4.69, 9.17) is 4.74 Å². The molecule has 1 unspecified atom stereocenters. The summed E-state index contributed by atoms with van der Waals surface area (Å²) < 4.78 is 20.2. The molecule has 1 amide bonds. The molecule has 0 bridgehead atoms. The number of halogens is 1. The van der Waals surface area contributed by atoms with Crippen molar-refractivity contribution in [3.63, 3.8) is 0 Å². The van der Waals surface area contributed by atoms with Gasteiger partial charge in [0.1, 0.15) is 11.5 Å². The molecule has 0 N–H and O–H groups in total. The Morgan fingerprint density at radius 1 is 1.19 bits per heavy atom. The number of benzene rings is 1. The van der Waals surface area contributed by atoms with Crippen LogP contribution in [0.5, 0.6) is 0 Å². The zero-order chi connectivity index (χ0) is 23.3. The standard InChI is InChI=1S/C24H29FN2O4/c1-7-14-27(23(29)18-10-12-19(25)13-11-18)17(6)22(28)20-15(4)21(24(30)31-9-3)26(8-2)16(20)5/h7,10-13,17H,1,8-9,14H2,2-6H3. The second-order valence-electron chi connectivity index (χ2n) is 7.19. The number of rotatable bonds is 9. The number of esters is 1. The quantitative estimate of drug-likeness (QED) is 0.338. The summed E-state index contributed by atoms with van der Waals surface area (Å²) >= 11 is 0. The minimum absolute atomic E-state index is 0.139. The number of ketones is 1. The van der Waals surface area contributed by atoms with Crippen molar-refractivity contribution >= 4 is 17.7 Å². The monoisotopic (exact) mass is 428 g/mol. The van der Waals surface area contributed by atoms with Crippen LogP contribution in [0.3, 0.4) is 0 Å². The SMILES string of the molecule is C=CCN(C(=O)c1ccc(F)cc1)C(C)C(=O)c1c(C)c(C(=O)OCC)n(CC)c1C. The summed E-state index contributed by atoms with van der Waals surface area (Å²) in [5.74, 6) is -1.63. The number of aromatic nitrogens is 1. The van der Waals surface area contributed by atoms with Gasteiger partial charge in [-0.1, -0.05) is 6.08 Å². The number of hydrogen-bond acceptors (Lipinski definition) is 4. The fourth-order valence-electron chi connectivity index (χ4n) is 3.78. The average molecular weight is 429 g/mol. The molecular formula is C24H29FN2O4. The van der Waals surface area contributed by atoms with Crippen LogP contribution in [0.1, 0.15) is 63.2 Å². The van der Waals surface area contributed by atoms with Crippen LogP contribution in [0.2, 0.25) is 0 Å². The lowest BCUT2D eigenvalue weighted by molar-refractivity contribution is 0.0512. The van der Waals surface area contributed by atoms with Gasteiger partial charge in [0.15, 0.2) is 5.78 Å². The maximum absolute atomic E-state index is 13.5. The van der Waals surface area contributed by atoms with Crippen molar-refractivity contribution in [2.45, 2.75) is 47.2 Å². The summed E-state index contributed by atoms with van der Waals surface area (Å²) in [4.78, 5) is 40.4. The van der Waals surface area contributed by atoms with E-state index in [0.29, 0.717) is 29.1 Å². The van der Waals surface area contributed by atoms with Crippen molar-refractivity contribution in [1.82, 2.24) is 9.47 Å². The molecule has 1 aromatic heterocycles. The van der Waals surface area contributed by atoms with E-state index in [-0.39, 0.29) is 24.5 Å². The Morgan fingerprint density at radius 3 is 2.32 bits per heavy atom. The second-order valence-corrected chi connectivity index (χ2v) is 7.19. The Kier molecular flexibility index (Phi) is 7.91. The molecular weight excluding hydrogens is 399 g/mol. The summed E-state index contributed by atoms with van der Waals surface area (Å²) in [6, 6.07) is 4.35. The lowest BCUT2D eigenvalue weighted by Gasteiger charge is -2.27. The molecule has 0 fully saturated rings. The second kappa shape index (κ2) is 10.2. The van der Waals surface area contributed by atoms with Crippen molar-refractivity contribution < 1.29 is 23.5 Å². The van der Waals surface area contributed by atoms with Gasteiger partial charge in [0.2, 0.25) is 0 Å². The Hall–Kier alpha value is -3.22. The van der Waals surface area contributed by atoms with Crippen molar-refractivity contribution in [1.29, 1.82) is 0 Å². The summed E-state index contributed by atoms with van der Waals surface area (Å²) in [5.41, 5.74) is 2.20. The maximum atomic E-state index is 13.5. The minimum Gasteiger partial charge on any atom is -0.461 e. The molecule has 6 nitrogen and oxygen atoms in total. The molecule has 1 heterocycles. The first-order chi connectivity index (χ1) is 14.7. The van der Waals surface area contributed by atoms with Crippen LogP contribution in [-0.4, -0.2) is 46.3 Å². The van der Waals surface area contributed by atoms with Gasteiger partial charge < -0.3 is 14.2 Å². The highest BCUT2D eigenvalue weighted by Crippen LogP contribution is 2.26. The predicted molar refractivity (Wildman–Crippen MR) is 117 cm³/mol. The molecule has 1 atom stereocenters. The van der Waals surface area contributed by atoms with Gasteiger partial charge in [-0.25, -0.2) is 9.18 Å². The fraction of sp³-hybridized carbons (Fsp3) is 0.375. The highest BCUT2D eigenvalue weighted by atomic mass is 19.1. The van der Waals surface area contributed by atoms with Crippen molar-refractivity contribution in [2.75, 3.05) is 13.2 Å². The van der Waals surface area contributed by atoms with Crippen LogP contribution in [0, 0.1) is 19.7 Å². The summed E-state index contributed by atoms with van der Waals surface area (Å²) in [6.45, 7) is 13.3. The van der Waals surface area contributed by atoms with E-state index in [2.05, 4.69) is 6.58 Å². The third kappa shape index (κ3) is 4.76. The van der Waals surface area contributed by atoms with Crippen molar-refractivity contribution in [2.24, 2.45) is 0 Å². The molecule has 31 heavy (non-hydrogen) atoms. The third-order valence-electron chi connectivity index (χ3n) is 5.32. The summed E-state index contributed by atoms with van der Waals surface area (Å²) in [5, 5.41) is 0. The zero-order valence-corrected chi connectivity index (χ0v) is 18.7. The molecule has 2 rings (SSSR count). The van der Waals surface area contributed by atoms with E-state index in [1.54, 1.807) is 32.3 Å². The van der Waals surface area contributed by atoms with Crippen LogP contribution >= 0.6 is 0 Å². The highest BCUT2D eigenvalue weighted by molar-refractivity contribution is 6.07. The van der Waals surface area contributed by atoms with E-state index in [9.17, 15) is 18.8 Å². The van der Waals surface area contributed by atoms with Crippen LogP contribution in [-0.2, 0) is 11.3 Å². The average Bonchev–Trinajstić information content (AvgIpc) is 3.00. The molecule has 7 heteroatoms. The van der Waals surface area contributed by atoms with Gasteiger partial charge in [-0.2, -0.15) is 0 Å². The Morgan fingerprint density at radius 2 is 1.81 bits per heavy atom. The number of ether oxygens (including phenoxy) is 1. The number of amides is 1. The lowest BCUT2D eigenvalue weighted by Crippen LogP contribution is -2.43. The first-order valence-corrected chi connectivity index (χ1v) is 10.3. The Balaban J connectivity index is 2.48. The lowest BCUT2D eigenvalue weighted by atomic mass is 9.99. The topological polar surface area (TPSA) is 68.6 Å². The summed E-state index contributed by atoms with van der Waals surface area (Å²) in [6.07, 6.45) is 1.53. The number of carbonyl (C=O) groups is 3. The number of nitrogens with zero attached hydrogens (tertiary/aromatic N) is 2. The van der Waals surface area contributed by atoms with Crippen molar-refractivity contribution in [3.8, 4) is 0 Å². The molecule has 0 aliphatic rings. The molecule has 1 aromatic carbocycles. The number of hydrogen-bond donors (Lipinski definition) is 0. The maximum Gasteiger partial charge on any atom is 0.355 e. The molecule has 0 spiro atoms. The van der Waals surface area contributed by atoms with Gasteiger partial charge >= 0.3 is 5.97 Å². The summed E-state index contributed by atoms with van der Waals surface area (Å²) in [7, 11) is 0. The molecule has 0 saturated carbocycles. The smallest absolute Gasteiger partial charge is 0.355 e. The van der Waals surface area contributed by atoms with E-state index < -0.39 is 23.7 Å². The van der Waals surface area contributed by atoms with E-state index in [1.165, 1.54) is 35.2 Å². The van der Waals surface area contributed by atoms with E-state index >= 15 is 0 Å². The zero-order valence-electron chi connectivity index (χ0n) is 18.7. The van der Waals surface area contributed by atoms with E-state index in [1.807, 2.05) is 6.92 Å². The Bertz CT molecular complexity index is 992. The first kappa shape index (κ1) is 24.1. The molecule has 0 aliphatic heterocycles. The molecule has 0 saturated heterocycles. The Labute approximate surface area is 182 Å². The van der Waals surface area contributed by atoms with Gasteiger partial charge in [0, 0.05) is 29.9 Å². The number of Topliss-reactive ketones (excluding diaryl/α,β-unsaturated/α-hetero) is 1. The van der Waals surface area contributed by atoms with Gasteiger partial charge in [-0.15, -0.1) is 6.58 Å². The van der Waals surface area contributed by atoms with Crippen LogP contribution in [0.15, 0.2) is 36.9 Å². The first-order valence-electron chi connectivity index (χ1n) is 10.3. The molecule has 0 radical (unpaired) electrons. The van der Waals surface area contributed by atoms with Gasteiger partial charge in [-0.3, -0.25) is 9.59 Å². The number of carbonyl (C=O) groups excluding carboxylic acids is 3. The molecule has 2 aromatic rings. The molecule has 0 aliphatic carbocycles. The normalized spacial score (nSPS) is 11.7. The fourth-order valence-corrected chi connectivity index (χ4v) is 3.78. The van der Waals surface area contributed by atoms with E-state index in [0.717, 1.165) is 0 Å². The minimum atomic E-state index is -0.823. The van der Waals surface area contributed by atoms with Crippen LogP contribution in [0.25, 0.3) is 0 Å². The van der Waals surface area contributed by atoms with Crippen LogP contribution in [0.4, 0.5) is 4.39 Å². The third-order valence-corrected chi connectivity index (χ3v) is 5.32. The predicted octanol–water partition coefficient (Wildman–Crippen LogP) is 4.34. The van der Waals surface area contributed by atoms with Crippen molar-refractivity contribution in [3.05, 3.63) is 70.8 Å². The van der Waals surface area contributed by atoms with Crippen LogP contribution < -0.4 is 0 Å². The molecule has 166 valence electrons. The van der Waals surface area contributed by atoms with Gasteiger partial charge in [-0.05, 0) is 64.4 Å².